The number of fused-ring (bicyclic) bond motifs is 1. The molecule has 0 bridgehead atoms. The van der Waals surface area contributed by atoms with Crippen LogP contribution in [0, 0.1) is 0 Å². The van der Waals surface area contributed by atoms with E-state index in [-0.39, 0.29) is 11.6 Å². The summed E-state index contributed by atoms with van der Waals surface area (Å²) in [5, 5.41) is 12.6. The average Bonchev–Trinajstić information content (AvgIpc) is 3.33. The molecule has 4 rings (SSSR count). The zero-order chi connectivity index (χ0) is 18.1. The van der Waals surface area contributed by atoms with E-state index in [9.17, 15) is 9.59 Å². The van der Waals surface area contributed by atoms with Crippen LogP contribution in [-0.4, -0.2) is 31.3 Å². The Labute approximate surface area is 155 Å². The number of thioether (sulfide) groups is 1. The fraction of sp³-hybridized carbons (Fsp3) is 0.125. The first-order valence-corrected chi connectivity index (χ1v) is 9.41. The van der Waals surface area contributed by atoms with Gasteiger partial charge in [0.05, 0.1) is 21.2 Å². The second kappa shape index (κ2) is 6.81. The number of H-pyrrole nitrogens is 2. The van der Waals surface area contributed by atoms with Gasteiger partial charge >= 0.3 is 5.69 Å². The van der Waals surface area contributed by atoms with E-state index in [0.29, 0.717) is 27.8 Å². The van der Waals surface area contributed by atoms with Crippen LogP contribution in [0.4, 0.5) is 5.69 Å². The normalized spacial score (nSPS) is 12.3. The first-order valence-electron chi connectivity index (χ1n) is 7.65. The van der Waals surface area contributed by atoms with E-state index in [4.69, 9.17) is 4.42 Å². The Balaban J connectivity index is 1.43. The summed E-state index contributed by atoms with van der Waals surface area (Å²) < 4.78 is 5.59. The van der Waals surface area contributed by atoms with Gasteiger partial charge in [-0.3, -0.25) is 4.79 Å². The maximum atomic E-state index is 12.4. The molecule has 1 atom stereocenters. The predicted octanol–water partition coefficient (Wildman–Crippen LogP) is 3.09. The van der Waals surface area contributed by atoms with Gasteiger partial charge in [-0.1, -0.05) is 17.8 Å². The number of carbonyl (C=O) groups is 1. The number of nitrogens with zero attached hydrogens (tertiary/aromatic N) is 2. The number of benzene rings is 1. The molecule has 0 aliphatic carbocycles. The second-order valence-corrected chi connectivity index (χ2v) is 7.68. The van der Waals surface area contributed by atoms with Crippen LogP contribution in [0.25, 0.3) is 21.8 Å². The van der Waals surface area contributed by atoms with Gasteiger partial charge < -0.3 is 19.7 Å². The van der Waals surface area contributed by atoms with Crippen molar-refractivity contribution in [3.05, 3.63) is 46.2 Å². The molecule has 0 spiro atoms. The monoisotopic (exact) mass is 387 g/mol. The summed E-state index contributed by atoms with van der Waals surface area (Å²) >= 11 is 2.69. The van der Waals surface area contributed by atoms with Gasteiger partial charge in [0.1, 0.15) is 0 Å². The highest BCUT2D eigenvalue weighted by Gasteiger charge is 2.19. The van der Waals surface area contributed by atoms with E-state index in [1.165, 1.54) is 23.1 Å². The van der Waals surface area contributed by atoms with Crippen molar-refractivity contribution in [3.8, 4) is 10.8 Å². The summed E-state index contributed by atoms with van der Waals surface area (Å²) in [6.45, 7) is 1.76. The van der Waals surface area contributed by atoms with Gasteiger partial charge in [-0.15, -0.1) is 21.5 Å². The molecule has 3 heterocycles. The molecule has 0 aliphatic rings. The lowest BCUT2D eigenvalue weighted by atomic mass is 10.2. The number of anilines is 1. The Bertz CT molecular complexity index is 1110. The predicted molar refractivity (Wildman–Crippen MR) is 100 cm³/mol. The van der Waals surface area contributed by atoms with Crippen LogP contribution >= 0.6 is 23.1 Å². The molecule has 26 heavy (non-hydrogen) atoms. The topological polar surface area (TPSA) is 117 Å². The Morgan fingerprint density at radius 2 is 2.12 bits per heavy atom. The molecule has 1 amide bonds. The molecule has 0 unspecified atom stereocenters. The van der Waals surface area contributed by atoms with Gasteiger partial charge in [-0.2, -0.15) is 0 Å². The lowest BCUT2D eigenvalue weighted by Gasteiger charge is -2.09. The molecule has 132 valence electrons. The van der Waals surface area contributed by atoms with E-state index in [1.54, 1.807) is 25.1 Å². The second-order valence-electron chi connectivity index (χ2n) is 5.44. The van der Waals surface area contributed by atoms with Crippen LogP contribution in [-0.2, 0) is 4.79 Å². The summed E-state index contributed by atoms with van der Waals surface area (Å²) in [5.41, 5.74) is 1.62. The number of nitrogens with one attached hydrogen (secondary N) is 3. The standard InChI is InChI=1S/C16H13N5O3S2/c1-8(26-16-21-20-14(24-16)12-3-2-6-25-12)13(22)17-9-4-5-10-11(7-9)19-15(23)18-10/h2-8H,1H3,(H,17,22)(H2,18,19,23)/t8-/m1/s1. The Hall–Kier alpha value is -2.85. The quantitative estimate of drug-likeness (QED) is 0.453. The molecule has 4 aromatic rings. The Morgan fingerprint density at radius 1 is 1.27 bits per heavy atom. The minimum Gasteiger partial charge on any atom is -0.410 e. The number of hydrogen-bond acceptors (Lipinski definition) is 7. The van der Waals surface area contributed by atoms with Crippen LogP contribution in [0.3, 0.4) is 0 Å². The number of thiophene rings is 1. The van der Waals surface area contributed by atoms with E-state index in [2.05, 4.69) is 25.5 Å². The Kier molecular flexibility index (Phi) is 4.35. The van der Waals surface area contributed by atoms with Gasteiger partial charge in [0.25, 0.3) is 11.1 Å². The lowest BCUT2D eigenvalue weighted by Crippen LogP contribution is -2.22. The third-order valence-electron chi connectivity index (χ3n) is 3.57. The number of rotatable bonds is 5. The first-order chi connectivity index (χ1) is 12.6. The van der Waals surface area contributed by atoms with Gasteiger partial charge in [-0.05, 0) is 36.6 Å². The van der Waals surface area contributed by atoms with Crippen molar-refractivity contribution in [3.63, 3.8) is 0 Å². The van der Waals surface area contributed by atoms with Crippen molar-refractivity contribution in [2.45, 2.75) is 17.4 Å². The molecule has 0 radical (unpaired) electrons. The maximum Gasteiger partial charge on any atom is 0.323 e. The molecule has 3 N–H and O–H groups in total. The molecule has 8 nitrogen and oxygen atoms in total. The number of carbonyl (C=O) groups excluding carboxylic acids is 1. The van der Waals surface area contributed by atoms with Crippen LogP contribution in [0.5, 0.6) is 0 Å². The molecular formula is C16H13N5O3S2. The smallest absolute Gasteiger partial charge is 0.323 e. The van der Waals surface area contributed by atoms with E-state index in [1.807, 2.05) is 17.5 Å². The zero-order valence-corrected chi connectivity index (χ0v) is 15.1. The van der Waals surface area contributed by atoms with Crippen molar-refractivity contribution >= 4 is 45.7 Å². The number of amides is 1. The van der Waals surface area contributed by atoms with Crippen LogP contribution in [0.1, 0.15) is 6.92 Å². The summed E-state index contributed by atoms with van der Waals surface area (Å²) in [7, 11) is 0. The highest BCUT2D eigenvalue weighted by molar-refractivity contribution is 8.00. The van der Waals surface area contributed by atoms with Gasteiger partial charge in [0.15, 0.2) is 0 Å². The zero-order valence-electron chi connectivity index (χ0n) is 13.5. The number of imidazole rings is 1. The SMILES string of the molecule is C[C@@H](Sc1nnc(-c2cccs2)o1)C(=O)Nc1ccc2[nH]c(=O)[nH]c2c1. The fourth-order valence-corrected chi connectivity index (χ4v) is 3.64. The van der Waals surface area contributed by atoms with Crippen LogP contribution in [0.2, 0.25) is 0 Å². The average molecular weight is 387 g/mol. The largest absolute Gasteiger partial charge is 0.410 e. The van der Waals surface area contributed by atoms with Gasteiger partial charge in [0.2, 0.25) is 5.91 Å². The molecule has 0 saturated carbocycles. The third kappa shape index (κ3) is 3.41. The van der Waals surface area contributed by atoms with E-state index >= 15 is 0 Å². The van der Waals surface area contributed by atoms with Crippen LogP contribution < -0.4 is 11.0 Å². The molecule has 0 fully saturated rings. The number of aromatic nitrogens is 4. The molecular weight excluding hydrogens is 374 g/mol. The lowest BCUT2D eigenvalue weighted by molar-refractivity contribution is -0.115. The minimum absolute atomic E-state index is 0.205. The van der Waals surface area contributed by atoms with Crippen molar-refractivity contribution in [1.29, 1.82) is 0 Å². The summed E-state index contributed by atoms with van der Waals surface area (Å²) in [6, 6.07) is 8.95. The van der Waals surface area contributed by atoms with E-state index < -0.39 is 5.25 Å². The number of aromatic amines is 2. The van der Waals surface area contributed by atoms with E-state index in [0.717, 1.165) is 4.88 Å². The minimum atomic E-state index is -0.437. The van der Waals surface area contributed by atoms with Crippen molar-refractivity contribution < 1.29 is 9.21 Å². The summed E-state index contributed by atoms with van der Waals surface area (Å²) in [5.74, 6) is 0.236. The van der Waals surface area contributed by atoms with Gasteiger partial charge in [0, 0.05) is 5.69 Å². The van der Waals surface area contributed by atoms with Crippen molar-refractivity contribution in [2.24, 2.45) is 0 Å². The molecule has 0 saturated heterocycles. The van der Waals surface area contributed by atoms with Gasteiger partial charge in [-0.25, -0.2) is 4.79 Å². The fourth-order valence-electron chi connectivity index (χ4n) is 2.32. The summed E-state index contributed by atoms with van der Waals surface area (Å²) in [4.78, 5) is 29.9. The Morgan fingerprint density at radius 3 is 2.92 bits per heavy atom. The highest BCUT2D eigenvalue weighted by atomic mass is 32.2. The molecule has 0 aliphatic heterocycles. The molecule has 1 aromatic carbocycles. The van der Waals surface area contributed by atoms with Crippen molar-refractivity contribution in [1.82, 2.24) is 20.2 Å². The summed E-state index contributed by atoms with van der Waals surface area (Å²) in [6.07, 6.45) is 0. The molecule has 3 aromatic heterocycles. The molecule has 10 heteroatoms. The first kappa shape index (κ1) is 16.6. The maximum absolute atomic E-state index is 12.4. The highest BCUT2D eigenvalue weighted by Crippen LogP contribution is 2.29. The van der Waals surface area contributed by atoms with Crippen LogP contribution in [0.15, 0.2) is 50.1 Å². The number of hydrogen-bond donors (Lipinski definition) is 3. The third-order valence-corrected chi connectivity index (χ3v) is 5.36. The van der Waals surface area contributed by atoms with Crippen molar-refractivity contribution in [2.75, 3.05) is 5.32 Å².